The van der Waals surface area contributed by atoms with Gasteiger partial charge in [-0.25, -0.2) is 0 Å². The summed E-state index contributed by atoms with van der Waals surface area (Å²) < 4.78 is 11.8. The van der Waals surface area contributed by atoms with Crippen LogP contribution in [0, 0.1) is 3.57 Å². The summed E-state index contributed by atoms with van der Waals surface area (Å²) in [6, 6.07) is 12.1. The molecule has 0 aliphatic heterocycles. The zero-order valence-electron chi connectivity index (χ0n) is 12.1. The van der Waals surface area contributed by atoms with Gasteiger partial charge in [0.2, 0.25) is 0 Å². The summed E-state index contributed by atoms with van der Waals surface area (Å²) >= 11 is 8.59. The normalized spacial score (nSPS) is 11.9. The van der Waals surface area contributed by atoms with Gasteiger partial charge in [0.1, 0.15) is 0 Å². The molecule has 112 valence electrons. The molecule has 0 amide bonds. The molecule has 0 spiro atoms. The summed E-state index contributed by atoms with van der Waals surface area (Å²) in [6.07, 6.45) is 0. The van der Waals surface area contributed by atoms with Crippen LogP contribution in [0.1, 0.15) is 18.5 Å². The Kier molecular flexibility index (Phi) is 5.58. The minimum absolute atomic E-state index is 0.137. The van der Waals surface area contributed by atoms with Crippen LogP contribution in [0.4, 0.5) is 5.69 Å². The first-order valence-corrected chi connectivity index (χ1v) is 7.94. The number of hydrogen-bond acceptors (Lipinski definition) is 3. The SMILES string of the molecule is COc1cc(Cl)c(NC(C)c2ccc(I)cc2)cc1OC. The molecule has 2 rings (SSSR count). The predicted molar refractivity (Wildman–Crippen MR) is 95.8 cm³/mol. The highest BCUT2D eigenvalue weighted by molar-refractivity contribution is 14.1. The van der Waals surface area contributed by atoms with E-state index >= 15 is 0 Å². The van der Waals surface area contributed by atoms with Gasteiger partial charge in [-0.15, -0.1) is 0 Å². The topological polar surface area (TPSA) is 30.5 Å². The van der Waals surface area contributed by atoms with Crippen molar-refractivity contribution in [3.05, 3.63) is 50.6 Å². The van der Waals surface area contributed by atoms with Crippen LogP contribution in [0.3, 0.4) is 0 Å². The van der Waals surface area contributed by atoms with Gasteiger partial charge in [0.05, 0.1) is 24.9 Å². The molecule has 1 N–H and O–H groups in total. The summed E-state index contributed by atoms with van der Waals surface area (Å²) in [4.78, 5) is 0. The molecular formula is C16H17ClINO2. The first-order chi connectivity index (χ1) is 10.0. The minimum Gasteiger partial charge on any atom is -0.493 e. The summed E-state index contributed by atoms with van der Waals surface area (Å²) in [5, 5.41) is 4.00. The van der Waals surface area contributed by atoms with E-state index in [0.29, 0.717) is 16.5 Å². The molecule has 5 heteroatoms. The number of methoxy groups -OCH3 is 2. The lowest BCUT2D eigenvalue weighted by Crippen LogP contribution is -2.07. The minimum atomic E-state index is 0.137. The Morgan fingerprint density at radius 3 is 2.19 bits per heavy atom. The summed E-state index contributed by atoms with van der Waals surface area (Å²) in [6.45, 7) is 2.09. The molecule has 0 aromatic heterocycles. The number of halogens is 2. The third kappa shape index (κ3) is 3.95. The fraction of sp³-hybridized carbons (Fsp3) is 0.250. The van der Waals surface area contributed by atoms with Crippen molar-refractivity contribution in [3.63, 3.8) is 0 Å². The number of nitrogens with one attached hydrogen (secondary N) is 1. The second-order valence-corrected chi connectivity index (χ2v) is 6.26. The Morgan fingerprint density at radius 2 is 1.62 bits per heavy atom. The zero-order valence-corrected chi connectivity index (χ0v) is 15.0. The van der Waals surface area contributed by atoms with E-state index in [4.69, 9.17) is 21.1 Å². The third-order valence-electron chi connectivity index (χ3n) is 3.22. The number of ether oxygens (including phenoxy) is 2. The van der Waals surface area contributed by atoms with Gasteiger partial charge in [-0.3, -0.25) is 0 Å². The molecule has 3 nitrogen and oxygen atoms in total. The van der Waals surface area contributed by atoms with Crippen molar-refractivity contribution in [3.8, 4) is 11.5 Å². The Labute approximate surface area is 143 Å². The summed E-state index contributed by atoms with van der Waals surface area (Å²) in [7, 11) is 3.20. The fourth-order valence-corrected chi connectivity index (χ4v) is 2.60. The van der Waals surface area contributed by atoms with E-state index in [-0.39, 0.29) is 6.04 Å². The van der Waals surface area contributed by atoms with E-state index < -0.39 is 0 Å². The summed E-state index contributed by atoms with van der Waals surface area (Å²) in [5.74, 6) is 1.27. The van der Waals surface area contributed by atoms with E-state index in [1.165, 1.54) is 9.13 Å². The number of benzene rings is 2. The van der Waals surface area contributed by atoms with Crippen LogP contribution in [0.15, 0.2) is 36.4 Å². The maximum atomic E-state index is 6.29. The molecule has 0 aliphatic rings. The molecule has 21 heavy (non-hydrogen) atoms. The predicted octanol–water partition coefficient (Wildman–Crippen LogP) is 5.13. The maximum absolute atomic E-state index is 6.29. The molecule has 2 aromatic carbocycles. The van der Waals surface area contributed by atoms with Crippen molar-refractivity contribution >= 4 is 39.9 Å². The molecule has 0 aliphatic carbocycles. The fourth-order valence-electron chi connectivity index (χ4n) is 2.03. The van der Waals surface area contributed by atoms with Gasteiger partial charge in [0.25, 0.3) is 0 Å². The van der Waals surface area contributed by atoms with Crippen molar-refractivity contribution in [1.29, 1.82) is 0 Å². The second kappa shape index (κ2) is 7.22. The third-order valence-corrected chi connectivity index (χ3v) is 4.25. The van der Waals surface area contributed by atoms with Gasteiger partial charge in [0.15, 0.2) is 11.5 Å². The molecule has 0 radical (unpaired) electrons. The lowest BCUT2D eigenvalue weighted by Gasteiger charge is -2.18. The van der Waals surface area contributed by atoms with Gasteiger partial charge in [-0.1, -0.05) is 23.7 Å². The van der Waals surface area contributed by atoms with Gasteiger partial charge in [-0.2, -0.15) is 0 Å². The molecular weight excluding hydrogens is 401 g/mol. The molecule has 0 fully saturated rings. The van der Waals surface area contributed by atoms with Crippen LogP contribution >= 0.6 is 34.2 Å². The Bertz CT molecular complexity index is 616. The first kappa shape index (κ1) is 16.2. The molecule has 0 saturated heterocycles. The molecule has 0 bridgehead atoms. The van der Waals surface area contributed by atoms with Crippen molar-refractivity contribution in [2.45, 2.75) is 13.0 Å². The van der Waals surface area contributed by atoms with Crippen LogP contribution < -0.4 is 14.8 Å². The van der Waals surface area contributed by atoms with E-state index in [2.05, 4.69) is 59.1 Å². The van der Waals surface area contributed by atoms with Gasteiger partial charge in [0, 0.05) is 21.7 Å². The summed E-state index contributed by atoms with van der Waals surface area (Å²) in [5.41, 5.74) is 2.02. The van der Waals surface area contributed by atoms with Crippen molar-refractivity contribution in [1.82, 2.24) is 0 Å². The van der Waals surface area contributed by atoms with Gasteiger partial charge < -0.3 is 14.8 Å². The standard InChI is InChI=1S/C16H17ClINO2/c1-10(11-4-6-12(18)7-5-11)19-14-9-16(21-3)15(20-2)8-13(14)17/h4-10,19H,1-3H3. The largest absolute Gasteiger partial charge is 0.493 e. The average Bonchev–Trinajstić information content (AvgIpc) is 2.49. The highest BCUT2D eigenvalue weighted by Gasteiger charge is 2.12. The van der Waals surface area contributed by atoms with Gasteiger partial charge >= 0.3 is 0 Å². The van der Waals surface area contributed by atoms with E-state index in [1.54, 1.807) is 20.3 Å². The number of anilines is 1. The molecule has 0 saturated carbocycles. The van der Waals surface area contributed by atoms with Crippen LogP contribution in [0.25, 0.3) is 0 Å². The van der Waals surface area contributed by atoms with E-state index in [0.717, 1.165) is 5.69 Å². The lowest BCUT2D eigenvalue weighted by molar-refractivity contribution is 0.355. The van der Waals surface area contributed by atoms with Crippen LogP contribution in [-0.2, 0) is 0 Å². The highest BCUT2D eigenvalue weighted by Crippen LogP contribution is 2.37. The van der Waals surface area contributed by atoms with Gasteiger partial charge in [-0.05, 0) is 47.2 Å². The van der Waals surface area contributed by atoms with Crippen LogP contribution in [-0.4, -0.2) is 14.2 Å². The van der Waals surface area contributed by atoms with E-state index in [1.807, 2.05) is 6.07 Å². The van der Waals surface area contributed by atoms with E-state index in [9.17, 15) is 0 Å². The van der Waals surface area contributed by atoms with Crippen molar-refractivity contribution in [2.24, 2.45) is 0 Å². The maximum Gasteiger partial charge on any atom is 0.162 e. The quantitative estimate of drug-likeness (QED) is 0.684. The Morgan fingerprint density at radius 1 is 1.05 bits per heavy atom. The number of rotatable bonds is 5. The Balaban J connectivity index is 2.24. The first-order valence-electron chi connectivity index (χ1n) is 6.48. The highest BCUT2D eigenvalue weighted by atomic mass is 127. The average molecular weight is 418 g/mol. The van der Waals surface area contributed by atoms with Crippen LogP contribution in [0.2, 0.25) is 5.02 Å². The molecule has 2 aromatic rings. The Hall–Kier alpha value is -1.14. The monoisotopic (exact) mass is 417 g/mol. The lowest BCUT2D eigenvalue weighted by atomic mass is 10.1. The molecule has 0 heterocycles. The molecule has 1 atom stereocenters. The molecule has 1 unspecified atom stereocenters. The zero-order chi connectivity index (χ0) is 15.4. The smallest absolute Gasteiger partial charge is 0.162 e. The van der Waals surface area contributed by atoms with Crippen LogP contribution in [0.5, 0.6) is 11.5 Å². The number of hydrogen-bond donors (Lipinski definition) is 1. The van der Waals surface area contributed by atoms with Crippen molar-refractivity contribution < 1.29 is 9.47 Å². The van der Waals surface area contributed by atoms with Crippen molar-refractivity contribution in [2.75, 3.05) is 19.5 Å². The second-order valence-electron chi connectivity index (χ2n) is 4.60.